The van der Waals surface area contributed by atoms with Crippen LogP contribution in [-0.2, 0) is 0 Å². The molecule has 70 valence electrons. The smallest absolute Gasteiger partial charge is 0.138 e. The first-order chi connectivity index (χ1) is 5.78. The van der Waals surface area contributed by atoms with E-state index in [9.17, 15) is 4.39 Å². The number of quaternary nitrogens is 1. The summed E-state index contributed by atoms with van der Waals surface area (Å²) in [5, 5.41) is 0.541. The van der Waals surface area contributed by atoms with Gasteiger partial charge in [0.1, 0.15) is 19.3 Å². The van der Waals surface area contributed by atoms with Gasteiger partial charge in [0.15, 0.2) is 0 Å². The van der Waals surface area contributed by atoms with Crippen LogP contribution in [0.1, 0.15) is 19.3 Å². The number of rotatable bonds is 2. The van der Waals surface area contributed by atoms with Crippen molar-refractivity contribution in [3.8, 4) is 0 Å². The lowest BCUT2D eigenvalue weighted by molar-refractivity contribution is -0.926. The van der Waals surface area contributed by atoms with E-state index >= 15 is 0 Å². The molecule has 0 radical (unpaired) electrons. The van der Waals surface area contributed by atoms with Crippen molar-refractivity contribution in [2.24, 2.45) is 0 Å². The highest BCUT2D eigenvalue weighted by Crippen LogP contribution is 2.38. The van der Waals surface area contributed by atoms with E-state index in [4.69, 9.17) is 0 Å². The van der Waals surface area contributed by atoms with Crippen molar-refractivity contribution >= 4 is 12.6 Å². The van der Waals surface area contributed by atoms with Crippen molar-refractivity contribution in [2.75, 3.05) is 26.3 Å². The Morgan fingerprint density at radius 2 is 2.17 bits per heavy atom. The molecule has 0 saturated carbocycles. The van der Waals surface area contributed by atoms with Crippen molar-refractivity contribution in [1.82, 2.24) is 0 Å². The van der Waals surface area contributed by atoms with Crippen molar-refractivity contribution in [2.45, 2.75) is 30.6 Å². The fraction of sp³-hybridized carbons (Fsp3) is 1.00. The monoisotopic (exact) mass is 190 g/mol. The van der Waals surface area contributed by atoms with E-state index in [2.05, 4.69) is 12.6 Å². The number of thiol groups is 1. The Hall–Kier alpha value is 0.240. The van der Waals surface area contributed by atoms with E-state index in [1.54, 1.807) is 0 Å². The van der Waals surface area contributed by atoms with Gasteiger partial charge in [-0.2, -0.15) is 12.6 Å². The molecule has 0 bridgehead atoms. The van der Waals surface area contributed by atoms with Gasteiger partial charge in [0.25, 0.3) is 0 Å². The van der Waals surface area contributed by atoms with Crippen molar-refractivity contribution in [3.63, 3.8) is 0 Å². The summed E-state index contributed by atoms with van der Waals surface area (Å²) in [6.45, 7) is 2.95. The van der Waals surface area contributed by atoms with Gasteiger partial charge in [-0.05, 0) is 0 Å². The van der Waals surface area contributed by atoms with Gasteiger partial charge in [-0.25, -0.2) is 4.39 Å². The third-order valence-electron chi connectivity index (χ3n) is 3.65. The highest BCUT2D eigenvalue weighted by Gasteiger charge is 2.49. The van der Waals surface area contributed by atoms with Crippen LogP contribution in [0.4, 0.5) is 4.39 Å². The topological polar surface area (TPSA) is 0 Å². The highest BCUT2D eigenvalue weighted by molar-refractivity contribution is 7.81. The Morgan fingerprint density at radius 1 is 1.33 bits per heavy atom. The lowest BCUT2D eigenvalue weighted by Crippen LogP contribution is -2.50. The minimum Gasteiger partial charge on any atom is -0.318 e. The summed E-state index contributed by atoms with van der Waals surface area (Å²) in [6, 6.07) is 0.670. The molecular formula is C9H17FNS+. The molecule has 0 N–H and O–H groups in total. The first kappa shape index (κ1) is 8.82. The number of hydrogen-bond donors (Lipinski definition) is 1. The van der Waals surface area contributed by atoms with Gasteiger partial charge >= 0.3 is 0 Å². The molecule has 12 heavy (non-hydrogen) atoms. The van der Waals surface area contributed by atoms with E-state index in [1.807, 2.05) is 0 Å². The lowest BCUT2D eigenvalue weighted by Gasteiger charge is -2.34. The van der Waals surface area contributed by atoms with Crippen LogP contribution in [0.5, 0.6) is 0 Å². The van der Waals surface area contributed by atoms with Gasteiger partial charge in [0.2, 0.25) is 0 Å². The van der Waals surface area contributed by atoms with Crippen LogP contribution in [0, 0.1) is 0 Å². The maximum Gasteiger partial charge on any atom is 0.138 e. The van der Waals surface area contributed by atoms with Crippen molar-refractivity contribution in [1.29, 1.82) is 0 Å². The molecule has 0 amide bonds. The highest BCUT2D eigenvalue weighted by atomic mass is 32.1. The van der Waals surface area contributed by atoms with E-state index in [0.29, 0.717) is 11.3 Å². The molecule has 2 aliphatic heterocycles. The molecule has 2 rings (SSSR count). The van der Waals surface area contributed by atoms with E-state index in [1.165, 1.54) is 32.4 Å². The van der Waals surface area contributed by atoms with Crippen LogP contribution in [0.15, 0.2) is 0 Å². The first-order valence-corrected chi connectivity index (χ1v) is 5.40. The summed E-state index contributed by atoms with van der Waals surface area (Å²) in [6.07, 6.45) is 3.74. The number of hydrogen-bond acceptors (Lipinski definition) is 1. The number of fused-ring (bicyclic) bond motifs is 1. The zero-order chi connectivity index (χ0) is 8.60. The van der Waals surface area contributed by atoms with Gasteiger partial charge in [-0.1, -0.05) is 0 Å². The minimum atomic E-state index is -0.156. The molecule has 3 atom stereocenters. The quantitative estimate of drug-likeness (QED) is 0.496. The second-order valence-corrected chi connectivity index (χ2v) is 4.81. The first-order valence-electron chi connectivity index (χ1n) is 4.88. The largest absolute Gasteiger partial charge is 0.318 e. The molecule has 2 heterocycles. The SMILES string of the molecule is FCC[N+]12CCCC1C(S)CC2. The predicted octanol–water partition coefficient (Wildman–Crippen LogP) is 1.64. The third-order valence-corrected chi connectivity index (χ3v) is 4.25. The van der Waals surface area contributed by atoms with E-state index < -0.39 is 0 Å². The maximum atomic E-state index is 12.4. The summed E-state index contributed by atoms with van der Waals surface area (Å²) in [4.78, 5) is 0. The molecule has 2 fully saturated rings. The molecule has 3 unspecified atom stereocenters. The summed E-state index contributed by atoms with van der Waals surface area (Å²) in [7, 11) is 0. The Labute approximate surface area is 78.9 Å². The maximum absolute atomic E-state index is 12.4. The van der Waals surface area contributed by atoms with Crippen molar-refractivity contribution in [3.05, 3.63) is 0 Å². The summed E-state index contributed by atoms with van der Waals surface area (Å²) < 4.78 is 13.4. The van der Waals surface area contributed by atoms with Gasteiger partial charge < -0.3 is 4.48 Å². The fourth-order valence-electron chi connectivity index (χ4n) is 3.03. The van der Waals surface area contributed by atoms with Crippen LogP contribution >= 0.6 is 12.6 Å². The number of alkyl halides is 1. The molecule has 0 aromatic heterocycles. The average Bonchev–Trinajstić information content (AvgIpc) is 2.55. The average molecular weight is 190 g/mol. The van der Waals surface area contributed by atoms with E-state index in [-0.39, 0.29) is 6.67 Å². The zero-order valence-corrected chi connectivity index (χ0v) is 8.27. The van der Waals surface area contributed by atoms with Crippen LogP contribution < -0.4 is 0 Å². The summed E-state index contributed by atoms with van der Waals surface area (Å²) in [5.41, 5.74) is 0. The van der Waals surface area contributed by atoms with Crippen LogP contribution in [0.2, 0.25) is 0 Å². The normalized spacial score (nSPS) is 46.5. The zero-order valence-electron chi connectivity index (χ0n) is 7.38. The Morgan fingerprint density at radius 3 is 2.92 bits per heavy atom. The molecular weight excluding hydrogens is 173 g/mol. The number of nitrogens with zero attached hydrogens (tertiary/aromatic N) is 1. The molecule has 0 spiro atoms. The molecule has 0 aromatic carbocycles. The molecule has 2 aliphatic rings. The standard InChI is InChI=1S/C9H16FNS/c10-4-7-11-5-1-2-8(11)9(12)3-6-11/h8-9H,1-7H2/p+1. The molecule has 0 aromatic rings. The molecule has 3 heteroatoms. The van der Waals surface area contributed by atoms with E-state index in [0.717, 1.165) is 11.0 Å². The van der Waals surface area contributed by atoms with Crippen LogP contribution in [0.25, 0.3) is 0 Å². The van der Waals surface area contributed by atoms with Crippen LogP contribution in [0.3, 0.4) is 0 Å². The predicted molar refractivity (Wildman–Crippen MR) is 51.2 cm³/mol. The third kappa shape index (κ3) is 1.18. The Kier molecular flexibility index (Phi) is 2.34. The second-order valence-electron chi connectivity index (χ2n) is 4.14. The van der Waals surface area contributed by atoms with Gasteiger partial charge in [0.05, 0.1) is 18.3 Å². The molecule has 2 saturated heterocycles. The van der Waals surface area contributed by atoms with Crippen molar-refractivity contribution < 1.29 is 8.87 Å². The second kappa shape index (κ2) is 3.18. The Balaban J connectivity index is 2.11. The van der Waals surface area contributed by atoms with Crippen LogP contribution in [-0.4, -0.2) is 42.1 Å². The molecule has 1 nitrogen and oxygen atoms in total. The minimum absolute atomic E-state index is 0.156. The van der Waals surface area contributed by atoms with Gasteiger partial charge in [-0.15, -0.1) is 0 Å². The fourth-order valence-corrected chi connectivity index (χ4v) is 3.58. The summed E-state index contributed by atoms with van der Waals surface area (Å²) >= 11 is 4.58. The Bertz CT molecular complexity index is 172. The van der Waals surface area contributed by atoms with Gasteiger partial charge in [0, 0.05) is 19.3 Å². The van der Waals surface area contributed by atoms with Gasteiger partial charge in [-0.3, -0.25) is 0 Å². The molecule has 0 aliphatic carbocycles. The lowest BCUT2D eigenvalue weighted by atomic mass is 10.1. The summed E-state index contributed by atoms with van der Waals surface area (Å²) in [5.74, 6) is 0. The number of halogens is 1.